The van der Waals surface area contributed by atoms with E-state index in [0.29, 0.717) is 37.7 Å². The van der Waals surface area contributed by atoms with Gasteiger partial charge >= 0.3 is 0 Å². The normalized spacial score (nSPS) is 25.8. The van der Waals surface area contributed by atoms with E-state index in [1.54, 1.807) is 0 Å². The zero-order chi connectivity index (χ0) is 14.1. The number of benzene rings is 1. The van der Waals surface area contributed by atoms with Gasteiger partial charge in [-0.2, -0.15) is 0 Å². The van der Waals surface area contributed by atoms with Gasteiger partial charge in [0.2, 0.25) is 5.91 Å². The SMILES string of the molecule is C[C@@H]1CN(C(=O)[C@@H]2COc3ccc(Cl)cc3C2)CCO1. The highest BCUT2D eigenvalue weighted by Gasteiger charge is 2.31. The number of carbonyl (C=O) groups excluding carboxylic acids is 1. The number of amides is 1. The maximum Gasteiger partial charge on any atom is 0.229 e. The van der Waals surface area contributed by atoms with Crippen molar-refractivity contribution in [1.29, 1.82) is 0 Å². The van der Waals surface area contributed by atoms with Crippen LogP contribution in [0, 0.1) is 5.92 Å². The molecular weight excluding hydrogens is 278 g/mol. The van der Waals surface area contributed by atoms with Crippen molar-refractivity contribution in [2.75, 3.05) is 26.3 Å². The zero-order valence-corrected chi connectivity index (χ0v) is 12.2. The van der Waals surface area contributed by atoms with E-state index in [9.17, 15) is 4.79 Å². The standard InChI is InChI=1S/C15H18ClNO3/c1-10-8-17(4-5-19-10)15(18)12-6-11-7-13(16)2-3-14(11)20-9-12/h2-3,7,10,12H,4-6,8-9H2,1H3/t10-,12+/m1/s1. The maximum atomic E-state index is 12.6. The van der Waals surface area contributed by atoms with Crippen LogP contribution < -0.4 is 4.74 Å². The number of ether oxygens (including phenoxy) is 2. The topological polar surface area (TPSA) is 38.8 Å². The van der Waals surface area contributed by atoms with Crippen LogP contribution in [0.1, 0.15) is 12.5 Å². The second-order valence-electron chi connectivity index (χ2n) is 5.43. The summed E-state index contributed by atoms with van der Waals surface area (Å²) >= 11 is 6.00. The average Bonchev–Trinajstić information content (AvgIpc) is 2.45. The van der Waals surface area contributed by atoms with Gasteiger partial charge in [0, 0.05) is 18.1 Å². The smallest absolute Gasteiger partial charge is 0.229 e. The molecule has 1 amide bonds. The predicted octanol–water partition coefficient (Wildman–Crippen LogP) is 2.14. The minimum atomic E-state index is -0.119. The lowest BCUT2D eigenvalue weighted by Gasteiger charge is -2.35. The molecule has 0 radical (unpaired) electrons. The predicted molar refractivity (Wildman–Crippen MR) is 76.1 cm³/mol. The Morgan fingerprint density at radius 1 is 1.45 bits per heavy atom. The minimum absolute atomic E-state index is 0.110. The van der Waals surface area contributed by atoms with Crippen molar-refractivity contribution in [2.45, 2.75) is 19.4 Å². The molecule has 0 N–H and O–H groups in total. The molecule has 0 unspecified atom stereocenters. The summed E-state index contributed by atoms with van der Waals surface area (Å²) in [6.07, 6.45) is 0.805. The van der Waals surface area contributed by atoms with Gasteiger partial charge in [-0.3, -0.25) is 4.79 Å². The van der Waals surface area contributed by atoms with E-state index in [2.05, 4.69) is 0 Å². The van der Waals surface area contributed by atoms with Crippen LogP contribution in [0.2, 0.25) is 5.02 Å². The zero-order valence-electron chi connectivity index (χ0n) is 11.5. The van der Waals surface area contributed by atoms with E-state index in [4.69, 9.17) is 21.1 Å². The third-order valence-corrected chi connectivity index (χ3v) is 4.07. The summed E-state index contributed by atoms with van der Waals surface area (Å²) in [7, 11) is 0. The Morgan fingerprint density at radius 2 is 2.30 bits per heavy atom. The molecule has 20 heavy (non-hydrogen) atoms. The first kappa shape index (κ1) is 13.7. The number of carbonyl (C=O) groups is 1. The van der Waals surface area contributed by atoms with Crippen molar-refractivity contribution >= 4 is 17.5 Å². The fourth-order valence-electron chi connectivity index (χ4n) is 2.80. The summed E-state index contributed by atoms with van der Waals surface area (Å²) in [5.41, 5.74) is 1.02. The molecule has 2 heterocycles. The highest BCUT2D eigenvalue weighted by atomic mass is 35.5. The third-order valence-electron chi connectivity index (χ3n) is 3.83. The second-order valence-corrected chi connectivity index (χ2v) is 5.87. The summed E-state index contributed by atoms with van der Waals surface area (Å²) in [5.74, 6) is 0.880. The molecule has 0 aliphatic carbocycles. The van der Waals surface area contributed by atoms with Crippen molar-refractivity contribution in [2.24, 2.45) is 5.92 Å². The molecule has 2 aliphatic heterocycles. The minimum Gasteiger partial charge on any atom is -0.492 e. The van der Waals surface area contributed by atoms with Crippen LogP contribution in [0.15, 0.2) is 18.2 Å². The van der Waals surface area contributed by atoms with Gasteiger partial charge in [-0.15, -0.1) is 0 Å². The van der Waals surface area contributed by atoms with Crippen LogP contribution in [-0.4, -0.2) is 43.2 Å². The second kappa shape index (κ2) is 5.62. The molecule has 2 atom stereocenters. The lowest BCUT2D eigenvalue weighted by atomic mass is 9.95. The van der Waals surface area contributed by atoms with Gasteiger partial charge in [0.15, 0.2) is 0 Å². The van der Waals surface area contributed by atoms with Crippen LogP contribution in [0.25, 0.3) is 0 Å². The van der Waals surface area contributed by atoms with E-state index in [1.165, 1.54) is 0 Å². The number of hydrogen-bond donors (Lipinski definition) is 0. The highest BCUT2D eigenvalue weighted by molar-refractivity contribution is 6.30. The number of fused-ring (bicyclic) bond motifs is 1. The average molecular weight is 296 g/mol. The van der Waals surface area contributed by atoms with Gasteiger partial charge in [-0.25, -0.2) is 0 Å². The Bertz CT molecular complexity index is 520. The van der Waals surface area contributed by atoms with Gasteiger partial charge < -0.3 is 14.4 Å². The first-order valence-electron chi connectivity index (χ1n) is 6.95. The Hall–Kier alpha value is -1.26. The van der Waals surface area contributed by atoms with Crippen LogP contribution in [-0.2, 0) is 16.0 Å². The summed E-state index contributed by atoms with van der Waals surface area (Å²) < 4.78 is 11.2. The largest absolute Gasteiger partial charge is 0.492 e. The molecular formula is C15H18ClNO3. The van der Waals surface area contributed by atoms with Gasteiger partial charge in [-0.05, 0) is 37.1 Å². The lowest BCUT2D eigenvalue weighted by molar-refractivity contribution is -0.143. The fraction of sp³-hybridized carbons (Fsp3) is 0.533. The summed E-state index contributed by atoms with van der Waals surface area (Å²) in [5, 5.41) is 0.681. The van der Waals surface area contributed by atoms with Gasteiger partial charge in [0.05, 0.1) is 18.6 Å². The van der Waals surface area contributed by atoms with E-state index >= 15 is 0 Å². The molecule has 108 valence electrons. The van der Waals surface area contributed by atoms with E-state index in [-0.39, 0.29) is 17.9 Å². The quantitative estimate of drug-likeness (QED) is 0.797. The van der Waals surface area contributed by atoms with Crippen molar-refractivity contribution in [3.8, 4) is 5.75 Å². The molecule has 5 heteroatoms. The van der Waals surface area contributed by atoms with Crippen molar-refractivity contribution < 1.29 is 14.3 Å². The van der Waals surface area contributed by atoms with Crippen LogP contribution in [0.3, 0.4) is 0 Å². The molecule has 0 spiro atoms. The first-order valence-corrected chi connectivity index (χ1v) is 7.33. The molecule has 0 saturated carbocycles. The molecule has 2 aliphatic rings. The summed E-state index contributed by atoms with van der Waals surface area (Å²) in [6, 6.07) is 5.57. The summed E-state index contributed by atoms with van der Waals surface area (Å²) in [4.78, 5) is 14.4. The summed E-state index contributed by atoms with van der Waals surface area (Å²) in [6.45, 7) is 4.38. The molecule has 3 rings (SSSR count). The Labute approximate surface area is 123 Å². The number of hydrogen-bond acceptors (Lipinski definition) is 3. The fourth-order valence-corrected chi connectivity index (χ4v) is 2.99. The Morgan fingerprint density at radius 3 is 3.10 bits per heavy atom. The highest BCUT2D eigenvalue weighted by Crippen LogP contribution is 2.30. The van der Waals surface area contributed by atoms with Crippen LogP contribution >= 0.6 is 11.6 Å². The molecule has 0 bridgehead atoms. The third kappa shape index (κ3) is 2.76. The van der Waals surface area contributed by atoms with Gasteiger partial charge in [-0.1, -0.05) is 11.6 Å². The van der Waals surface area contributed by atoms with Crippen LogP contribution in [0.5, 0.6) is 5.75 Å². The molecule has 1 saturated heterocycles. The molecule has 1 fully saturated rings. The number of nitrogens with zero attached hydrogens (tertiary/aromatic N) is 1. The van der Waals surface area contributed by atoms with Gasteiger partial charge in [0.1, 0.15) is 12.4 Å². The van der Waals surface area contributed by atoms with E-state index in [1.807, 2.05) is 30.0 Å². The van der Waals surface area contributed by atoms with Crippen molar-refractivity contribution in [1.82, 2.24) is 4.90 Å². The van der Waals surface area contributed by atoms with Crippen molar-refractivity contribution in [3.05, 3.63) is 28.8 Å². The maximum absolute atomic E-state index is 12.6. The number of rotatable bonds is 1. The van der Waals surface area contributed by atoms with Crippen LogP contribution in [0.4, 0.5) is 0 Å². The lowest BCUT2D eigenvalue weighted by Crippen LogP contribution is -2.48. The van der Waals surface area contributed by atoms with E-state index in [0.717, 1.165) is 11.3 Å². The molecule has 1 aromatic rings. The van der Waals surface area contributed by atoms with Gasteiger partial charge in [0.25, 0.3) is 0 Å². The first-order chi connectivity index (χ1) is 9.63. The monoisotopic (exact) mass is 295 g/mol. The Balaban J connectivity index is 1.71. The van der Waals surface area contributed by atoms with E-state index < -0.39 is 0 Å². The Kier molecular flexibility index (Phi) is 3.85. The number of morpholine rings is 1. The van der Waals surface area contributed by atoms with Crippen molar-refractivity contribution in [3.63, 3.8) is 0 Å². The molecule has 0 aromatic heterocycles. The number of halogens is 1. The molecule has 4 nitrogen and oxygen atoms in total. The molecule has 1 aromatic carbocycles.